The molecule has 4 aromatic rings. The van der Waals surface area contributed by atoms with Gasteiger partial charge in [0.05, 0.1) is 11.6 Å². The highest BCUT2D eigenvalue weighted by atomic mass is 19.1. The molecule has 1 aliphatic heterocycles. The van der Waals surface area contributed by atoms with E-state index < -0.39 is 23.0 Å². The lowest BCUT2D eigenvalue weighted by molar-refractivity contribution is 0.102. The number of carbonyl (C=O) groups excluding carboxylic acids is 1. The number of rotatable bonds is 8. The summed E-state index contributed by atoms with van der Waals surface area (Å²) in [7, 11) is 0. The third-order valence-corrected chi connectivity index (χ3v) is 8.87. The predicted molar refractivity (Wildman–Crippen MR) is 182 cm³/mol. The van der Waals surface area contributed by atoms with Crippen molar-refractivity contribution in [2.45, 2.75) is 44.2 Å². The number of nitrogens with zero attached hydrogens (tertiary/aromatic N) is 4. The van der Waals surface area contributed by atoms with Crippen LogP contribution >= 0.6 is 0 Å². The van der Waals surface area contributed by atoms with Crippen molar-refractivity contribution in [2.75, 3.05) is 24.1 Å². The summed E-state index contributed by atoms with van der Waals surface area (Å²) in [6, 6.07) is 13.2. The molecule has 3 heterocycles. The molecule has 2 aliphatic rings. The molecule has 1 amide bonds. The molecule has 0 unspecified atom stereocenters. The van der Waals surface area contributed by atoms with Crippen LogP contribution in [0.1, 0.15) is 59.8 Å². The first kappa shape index (κ1) is 32.3. The molecule has 12 heteroatoms. The van der Waals surface area contributed by atoms with Crippen molar-refractivity contribution in [1.29, 1.82) is 5.26 Å². The Bertz CT molecular complexity index is 2020. The highest BCUT2D eigenvalue weighted by Crippen LogP contribution is 2.35. The topological polar surface area (TPSA) is 164 Å². The van der Waals surface area contributed by atoms with E-state index in [-0.39, 0.29) is 46.0 Å². The Balaban J connectivity index is 1.29. The van der Waals surface area contributed by atoms with Gasteiger partial charge in [-0.15, -0.1) is 0 Å². The molecule has 6 rings (SSSR count). The molecule has 244 valence electrons. The minimum absolute atomic E-state index is 0.00753. The number of aliphatic imine (C=N–C) groups is 1. The molecule has 0 radical (unpaired) electrons. The molecule has 2 aromatic carbocycles. The lowest BCUT2D eigenvalue weighted by Gasteiger charge is -2.30. The van der Waals surface area contributed by atoms with Gasteiger partial charge in [-0.25, -0.2) is 13.8 Å². The number of nitrogen functional groups attached to an aromatic ring is 1. The first-order chi connectivity index (χ1) is 23.3. The second-order valence-corrected chi connectivity index (χ2v) is 11.9. The largest absolute Gasteiger partial charge is 0.404 e. The van der Waals surface area contributed by atoms with Crippen LogP contribution in [0.15, 0.2) is 76.9 Å². The van der Waals surface area contributed by atoms with Crippen LogP contribution in [0.4, 0.5) is 20.3 Å². The highest BCUT2D eigenvalue weighted by molar-refractivity contribution is 6.10. The number of benzene rings is 2. The maximum absolute atomic E-state index is 15.7. The molecule has 2 fully saturated rings. The minimum Gasteiger partial charge on any atom is -0.404 e. The maximum Gasteiger partial charge on any atom is 0.261 e. The Kier molecular flexibility index (Phi) is 9.40. The van der Waals surface area contributed by atoms with Gasteiger partial charge in [0, 0.05) is 58.8 Å². The van der Waals surface area contributed by atoms with Gasteiger partial charge in [0.15, 0.2) is 0 Å². The van der Waals surface area contributed by atoms with Gasteiger partial charge < -0.3 is 26.7 Å². The number of hydrogen-bond donors (Lipinski definition) is 4. The van der Waals surface area contributed by atoms with Gasteiger partial charge in [0.25, 0.3) is 5.91 Å². The van der Waals surface area contributed by atoms with E-state index in [0.717, 1.165) is 51.3 Å². The second-order valence-electron chi connectivity index (χ2n) is 11.9. The van der Waals surface area contributed by atoms with Gasteiger partial charge in [-0.2, -0.15) is 5.26 Å². The van der Waals surface area contributed by atoms with Crippen molar-refractivity contribution in [3.63, 3.8) is 0 Å². The Morgan fingerprint density at radius 2 is 1.83 bits per heavy atom. The van der Waals surface area contributed by atoms with Gasteiger partial charge in [0.2, 0.25) is 5.43 Å². The molecule has 0 bridgehead atoms. The summed E-state index contributed by atoms with van der Waals surface area (Å²) in [4.78, 5) is 36.2. The van der Waals surface area contributed by atoms with Crippen molar-refractivity contribution in [3.8, 4) is 28.3 Å². The Labute approximate surface area is 275 Å². The summed E-state index contributed by atoms with van der Waals surface area (Å²) >= 11 is 0. The van der Waals surface area contributed by atoms with E-state index in [1.165, 1.54) is 48.8 Å². The number of anilines is 2. The van der Waals surface area contributed by atoms with E-state index in [9.17, 15) is 19.2 Å². The third-order valence-electron chi connectivity index (χ3n) is 8.87. The number of aromatic nitrogens is 2. The summed E-state index contributed by atoms with van der Waals surface area (Å²) in [5.41, 5.74) is 13.4. The molecule has 0 atom stereocenters. The zero-order valence-corrected chi connectivity index (χ0v) is 26.0. The van der Waals surface area contributed by atoms with E-state index in [1.807, 2.05) is 0 Å². The van der Waals surface area contributed by atoms with Crippen LogP contribution in [0.5, 0.6) is 0 Å². The number of piperidine rings is 1. The minimum atomic E-state index is -0.776. The van der Waals surface area contributed by atoms with Crippen LogP contribution in [-0.4, -0.2) is 40.8 Å². The zero-order chi connectivity index (χ0) is 33.8. The molecule has 1 aliphatic carbocycles. The molecule has 1 saturated heterocycles. The summed E-state index contributed by atoms with van der Waals surface area (Å²) < 4.78 is 31.0. The van der Waals surface area contributed by atoms with Crippen LogP contribution in [-0.2, 0) is 0 Å². The van der Waals surface area contributed by atoms with Crippen LogP contribution in [0.25, 0.3) is 27.8 Å². The number of carbonyl (C=O) groups is 1. The molecular formula is C36H34F2N8O2. The van der Waals surface area contributed by atoms with Gasteiger partial charge in [-0.05, 0) is 87.2 Å². The van der Waals surface area contributed by atoms with Crippen molar-refractivity contribution < 1.29 is 13.6 Å². The molecule has 1 saturated carbocycles. The lowest BCUT2D eigenvalue weighted by atomic mass is 9.91. The fraction of sp³-hybridized carbons (Fsp3) is 0.250. The maximum atomic E-state index is 15.7. The average Bonchev–Trinajstić information content (AvgIpc) is 3.06. The number of pyridine rings is 2. The van der Waals surface area contributed by atoms with E-state index in [1.54, 1.807) is 23.0 Å². The van der Waals surface area contributed by atoms with Gasteiger partial charge >= 0.3 is 0 Å². The smallest absolute Gasteiger partial charge is 0.261 e. The molecule has 0 spiro atoms. The summed E-state index contributed by atoms with van der Waals surface area (Å²) in [5, 5.41) is 15.9. The van der Waals surface area contributed by atoms with E-state index in [0.29, 0.717) is 22.3 Å². The van der Waals surface area contributed by atoms with Gasteiger partial charge in [-0.3, -0.25) is 14.6 Å². The lowest BCUT2D eigenvalue weighted by Crippen LogP contribution is -2.29. The monoisotopic (exact) mass is 648 g/mol. The van der Waals surface area contributed by atoms with Crippen molar-refractivity contribution in [3.05, 3.63) is 106 Å². The Hall–Kier alpha value is -5.67. The Morgan fingerprint density at radius 1 is 1.08 bits per heavy atom. The number of allylic oxidation sites excluding steroid dienone is 1. The molecular weight excluding hydrogens is 614 g/mol. The predicted octanol–water partition coefficient (Wildman–Crippen LogP) is 5.41. The normalized spacial score (nSPS) is 15.6. The fourth-order valence-electron chi connectivity index (χ4n) is 5.96. The number of halogens is 2. The molecule has 10 nitrogen and oxygen atoms in total. The van der Waals surface area contributed by atoms with E-state index >= 15 is 4.39 Å². The van der Waals surface area contributed by atoms with E-state index in [2.05, 4.69) is 26.7 Å². The highest BCUT2D eigenvalue weighted by Gasteiger charge is 2.28. The number of hydrogen-bond acceptors (Lipinski definition) is 8. The average molecular weight is 649 g/mol. The first-order valence-electron chi connectivity index (χ1n) is 15.8. The second kappa shape index (κ2) is 14.0. The number of nitrogens with one attached hydrogen (secondary N) is 2. The summed E-state index contributed by atoms with van der Waals surface area (Å²) in [6.45, 7) is 1.80. The zero-order valence-electron chi connectivity index (χ0n) is 26.0. The van der Waals surface area contributed by atoms with E-state index in [4.69, 9.17) is 11.5 Å². The Morgan fingerprint density at radius 3 is 2.48 bits per heavy atom. The van der Waals surface area contributed by atoms with Crippen molar-refractivity contribution in [1.82, 2.24) is 14.9 Å². The molecule has 48 heavy (non-hydrogen) atoms. The summed E-state index contributed by atoms with van der Waals surface area (Å²) in [5.74, 6) is -1.86. The summed E-state index contributed by atoms with van der Waals surface area (Å²) in [6.07, 6.45) is 10.4. The SMILES string of the molecule is N#Cc1c(-c2ccc(F)cc2)c(=O)c(C(=O)Nc2ccc(-c3cc(C(C=NC4CCNCC4)=CN)cnc3N)c(F)c2)cn1C1CCC1. The van der Waals surface area contributed by atoms with Crippen LogP contribution < -0.4 is 27.5 Å². The van der Waals surface area contributed by atoms with Crippen LogP contribution in [0, 0.1) is 23.0 Å². The van der Waals surface area contributed by atoms with Crippen molar-refractivity contribution >= 4 is 29.2 Å². The number of nitriles is 1. The number of nitrogens with two attached hydrogens (primary N) is 2. The first-order valence-corrected chi connectivity index (χ1v) is 15.8. The fourth-order valence-corrected chi connectivity index (χ4v) is 5.96. The number of amides is 1. The van der Waals surface area contributed by atoms with Gasteiger partial charge in [0.1, 0.15) is 34.8 Å². The quantitative estimate of drug-likeness (QED) is 0.186. The van der Waals surface area contributed by atoms with Gasteiger partial charge in [-0.1, -0.05) is 12.1 Å². The standard InChI is InChI=1S/C36H34F2N8O2/c37-24-6-4-21(5-7-24)33-32(17-40)46(27-2-1-3-27)20-30(34(33)47)36(48)45-26-8-9-28(31(38)15-26)29-14-22(18-44-35(29)41)23(16-39)19-43-25-10-12-42-13-11-25/h4-9,14-16,18-20,25,27,42H,1-3,10-13,39H2,(H2,41,44)(H,45,48). The van der Waals surface area contributed by atoms with Crippen LogP contribution in [0.3, 0.4) is 0 Å². The molecule has 6 N–H and O–H groups in total. The molecule has 2 aromatic heterocycles. The van der Waals surface area contributed by atoms with Crippen LogP contribution in [0.2, 0.25) is 0 Å². The van der Waals surface area contributed by atoms with Crippen molar-refractivity contribution in [2.24, 2.45) is 10.7 Å². The third kappa shape index (κ3) is 6.59.